The van der Waals surface area contributed by atoms with Gasteiger partial charge in [0.05, 0.1) is 13.7 Å². The van der Waals surface area contributed by atoms with E-state index in [9.17, 15) is 13.6 Å². The summed E-state index contributed by atoms with van der Waals surface area (Å²) >= 11 is 0. The zero-order chi connectivity index (χ0) is 19.8. The van der Waals surface area contributed by atoms with Crippen LogP contribution >= 0.6 is 0 Å². The van der Waals surface area contributed by atoms with E-state index in [1.54, 1.807) is 51.4 Å². The maximum absolute atomic E-state index is 12.4. The third-order valence-corrected chi connectivity index (χ3v) is 3.84. The van der Waals surface area contributed by atoms with E-state index in [4.69, 9.17) is 9.47 Å². The molecular weight excluding hydrogens is 358 g/mol. The second-order valence-corrected chi connectivity index (χ2v) is 5.68. The molecule has 27 heavy (non-hydrogen) atoms. The van der Waals surface area contributed by atoms with Gasteiger partial charge < -0.3 is 24.4 Å². The van der Waals surface area contributed by atoms with E-state index >= 15 is 0 Å². The van der Waals surface area contributed by atoms with Gasteiger partial charge in [0.2, 0.25) is 0 Å². The van der Waals surface area contributed by atoms with Gasteiger partial charge in [-0.25, -0.2) is 4.79 Å². The van der Waals surface area contributed by atoms with Crippen molar-refractivity contribution in [3.05, 3.63) is 48.0 Å². The van der Waals surface area contributed by atoms with Crippen molar-refractivity contribution in [2.45, 2.75) is 13.5 Å². The average molecular weight is 380 g/mol. The fraction of sp³-hybridized carbons (Fsp3) is 0.316. The number of benzene rings is 2. The number of methoxy groups -OCH3 is 1. The minimum absolute atomic E-state index is 0.0216. The smallest absolute Gasteiger partial charge is 0.387 e. The number of nitrogens with one attached hydrogen (secondary N) is 1. The summed E-state index contributed by atoms with van der Waals surface area (Å²) in [6, 6.07) is 11.3. The third-order valence-electron chi connectivity index (χ3n) is 3.84. The Labute approximate surface area is 156 Å². The number of hydrogen-bond donors (Lipinski definition) is 1. The fourth-order valence-electron chi connectivity index (χ4n) is 2.26. The Morgan fingerprint density at radius 1 is 1.15 bits per heavy atom. The molecule has 0 atom stereocenters. The van der Waals surface area contributed by atoms with E-state index in [2.05, 4.69) is 10.1 Å². The predicted octanol–water partition coefficient (Wildman–Crippen LogP) is 4.15. The Kier molecular flexibility index (Phi) is 7.22. The summed E-state index contributed by atoms with van der Waals surface area (Å²) in [5.41, 5.74) is 0.829. The first-order valence-electron chi connectivity index (χ1n) is 8.24. The normalized spacial score (nSPS) is 10.4. The summed E-state index contributed by atoms with van der Waals surface area (Å²) in [6.07, 6.45) is 0. The topological polar surface area (TPSA) is 60.0 Å². The van der Waals surface area contributed by atoms with Gasteiger partial charge in [-0.2, -0.15) is 8.78 Å². The van der Waals surface area contributed by atoms with E-state index in [0.29, 0.717) is 30.2 Å². The number of rotatable bonds is 8. The first kappa shape index (κ1) is 20.3. The fourth-order valence-corrected chi connectivity index (χ4v) is 2.26. The highest BCUT2D eigenvalue weighted by molar-refractivity contribution is 5.90. The number of urea groups is 1. The van der Waals surface area contributed by atoms with Gasteiger partial charge in [0.25, 0.3) is 0 Å². The number of alkyl halides is 2. The first-order valence-corrected chi connectivity index (χ1v) is 8.24. The van der Waals surface area contributed by atoms with Crippen LogP contribution in [0.15, 0.2) is 42.5 Å². The van der Waals surface area contributed by atoms with Gasteiger partial charge in [-0.1, -0.05) is 6.07 Å². The van der Waals surface area contributed by atoms with Crippen LogP contribution in [0.25, 0.3) is 0 Å². The molecule has 146 valence electrons. The van der Waals surface area contributed by atoms with Crippen molar-refractivity contribution in [1.82, 2.24) is 4.90 Å². The first-order chi connectivity index (χ1) is 12.9. The molecule has 2 aromatic carbocycles. The molecule has 2 aromatic rings. The summed E-state index contributed by atoms with van der Waals surface area (Å²) in [7, 11) is 3.20. The zero-order valence-electron chi connectivity index (χ0n) is 15.4. The van der Waals surface area contributed by atoms with Crippen LogP contribution in [0, 0.1) is 6.92 Å². The lowest BCUT2D eigenvalue weighted by Crippen LogP contribution is -2.34. The molecule has 0 heterocycles. The molecule has 0 aliphatic heterocycles. The number of carbonyl (C=O) groups excluding carboxylic acids is 1. The van der Waals surface area contributed by atoms with Gasteiger partial charge in [-0.3, -0.25) is 0 Å². The minimum atomic E-state index is -2.92. The Balaban J connectivity index is 1.86. The quantitative estimate of drug-likeness (QED) is 0.748. The van der Waals surface area contributed by atoms with Crippen molar-refractivity contribution in [3.63, 3.8) is 0 Å². The van der Waals surface area contributed by atoms with E-state index in [1.807, 2.05) is 0 Å². The molecular formula is C19H22F2N2O4. The summed E-state index contributed by atoms with van der Waals surface area (Å²) in [6.45, 7) is -0.694. The predicted molar refractivity (Wildman–Crippen MR) is 97.9 cm³/mol. The highest BCUT2D eigenvalue weighted by Gasteiger charge is 2.14. The second-order valence-electron chi connectivity index (χ2n) is 5.68. The van der Waals surface area contributed by atoms with E-state index in [0.717, 1.165) is 5.75 Å². The van der Waals surface area contributed by atoms with Gasteiger partial charge in [0.1, 0.15) is 23.9 Å². The van der Waals surface area contributed by atoms with Crippen LogP contribution in [0.3, 0.4) is 0 Å². The number of halogens is 2. The molecule has 8 heteroatoms. The van der Waals surface area contributed by atoms with Crippen molar-refractivity contribution in [3.8, 4) is 17.2 Å². The van der Waals surface area contributed by atoms with Crippen LogP contribution in [-0.4, -0.2) is 44.9 Å². The van der Waals surface area contributed by atoms with Gasteiger partial charge in [-0.05, 0) is 43.3 Å². The molecule has 1 N–H and O–H groups in total. The van der Waals surface area contributed by atoms with Gasteiger partial charge in [-0.15, -0.1) is 0 Å². The number of amides is 2. The molecule has 0 fully saturated rings. The van der Waals surface area contributed by atoms with Gasteiger partial charge >= 0.3 is 12.6 Å². The molecule has 0 spiro atoms. The Morgan fingerprint density at radius 3 is 2.44 bits per heavy atom. The monoisotopic (exact) mass is 380 g/mol. The molecule has 2 rings (SSSR count). The van der Waals surface area contributed by atoms with Crippen LogP contribution < -0.4 is 19.5 Å². The van der Waals surface area contributed by atoms with Crippen LogP contribution in [-0.2, 0) is 0 Å². The van der Waals surface area contributed by atoms with Crippen molar-refractivity contribution >= 4 is 11.7 Å². The van der Waals surface area contributed by atoms with Gasteiger partial charge in [0, 0.05) is 18.3 Å². The lowest BCUT2D eigenvalue weighted by atomic mass is 10.2. The van der Waals surface area contributed by atoms with Crippen LogP contribution in [0.4, 0.5) is 19.3 Å². The molecule has 0 unspecified atom stereocenters. The van der Waals surface area contributed by atoms with Crippen molar-refractivity contribution in [1.29, 1.82) is 0 Å². The molecule has 0 bridgehead atoms. The second kappa shape index (κ2) is 9.61. The van der Waals surface area contributed by atoms with Crippen molar-refractivity contribution in [2.24, 2.45) is 0 Å². The van der Waals surface area contributed by atoms with Crippen LogP contribution in [0.2, 0.25) is 0 Å². The number of likely N-dealkylation sites (N-methyl/N-ethyl adjacent to an activating group) is 1. The molecule has 0 saturated heterocycles. The molecule has 0 aromatic heterocycles. The van der Waals surface area contributed by atoms with Gasteiger partial charge in [0.15, 0.2) is 0 Å². The standard InChI is InChI=1S/C19H22F2N2O4/c1-13-16(5-4-6-17(13)27-18(20)21)22-19(24)23(2)11-12-26-15-9-7-14(25-3)8-10-15/h4-10,18H,11-12H2,1-3H3,(H,22,24). The van der Waals surface area contributed by atoms with Crippen molar-refractivity contribution in [2.75, 3.05) is 32.6 Å². The Bertz CT molecular complexity index is 754. The maximum atomic E-state index is 12.4. The van der Waals surface area contributed by atoms with E-state index in [-0.39, 0.29) is 11.8 Å². The number of anilines is 1. The lowest BCUT2D eigenvalue weighted by molar-refractivity contribution is -0.0502. The molecule has 6 nitrogen and oxygen atoms in total. The number of nitrogens with zero attached hydrogens (tertiary/aromatic N) is 1. The van der Waals surface area contributed by atoms with E-state index < -0.39 is 6.61 Å². The lowest BCUT2D eigenvalue weighted by Gasteiger charge is -2.20. The van der Waals surface area contributed by atoms with Crippen LogP contribution in [0.5, 0.6) is 17.2 Å². The Hall–Kier alpha value is -3.03. The number of carbonyl (C=O) groups is 1. The zero-order valence-corrected chi connectivity index (χ0v) is 15.4. The molecule has 0 aliphatic rings. The Morgan fingerprint density at radius 2 is 1.81 bits per heavy atom. The molecule has 0 saturated carbocycles. The highest BCUT2D eigenvalue weighted by atomic mass is 19.3. The third kappa shape index (κ3) is 6.02. The molecule has 2 amide bonds. The number of hydrogen-bond acceptors (Lipinski definition) is 4. The molecule has 0 radical (unpaired) electrons. The van der Waals surface area contributed by atoms with E-state index in [1.165, 1.54) is 17.0 Å². The summed E-state index contributed by atoms with van der Waals surface area (Å²) in [4.78, 5) is 13.7. The van der Waals surface area contributed by atoms with Crippen molar-refractivity contribution < 1.29 is 27.8 Å². The maximum Gasteiger partial charge on any atom is 0.387 e. The summed E-state index contributed by atoms with van der Waals surface area (Å²) in [5, 5.41) is 2.68. The summed E-state index contributed by atoms with van der Waals surface area (Å²) < 4.78 is 39.9. The minimum Gasteiger partial charge on any atom is -0.497 e. The average Bonchev–Trinajstić information content (AvgIpc) is 2.65. The molecule has 0 aliphatic carbocycles. The number of ether oxygens (including phenoxy) is 3. The van der Waals surface area contributed by atoms with Crippen LogP contribution in [0.1, 0.15) is 5.56 Å². The highest BCUT2D eigenvalue weighted by Crippen LogP contribution is 2.27. The summed E-state index contributed by atoms with van der Waals surface area (Å²) in [5.74, 6) is 1.41. The largest absolute Gasteiger partial charge is 0.497 e. The SMILES string of the molecule is COc1ccc(OCCN(C)C(=O)Nc2cccc(OC(F)F)c2C)cc1.